The molecule has 0 atom stereocenters. The van der Waals surface area contributed by atoms with Gasteiger partial charge in [0.15, 0.2) is 0 Å². The predicted molar refractivity (Wildman–Crippen MR) is 73.8 cm³/mol. The molecule has 1 aliphatic rings. The average molecular weight is 244 g/mol. The summed E-state index contributed by atoms with van der Waals surface area (Å²) in [7, 11) is 0. The fourth-order valence-corrected chi connectivity index (χ4v) is 2.55. The zero-order valence-electron chi connectivity index (χ0n) is 10.9. The van der Waals surface area contributed by atoms with Crippen molar-refractivity contribution in [3.05, 3.63) is 42.3 Å². The van der Waals surface area contributed by atoms with Crippen LogP contribution in [0, 0.1) is 12.3 Å². The van der Waals surface area contributed by atoms with Gasteiger partial charge < -0.3 is 5.32 Å². The molecule has 1 N–H and O–H groups in total. The second kappa shape index (κ2) is 7.20. The standard InChI is InChI=1S/C16H22NO/c18-16(12-11-14-7-3-1-4-8-14)17-13-15-9-5-2-6-10-15/h2,5-6,9-10,12,14H,1,3-4,7-8,11,13H2,(H,17,18). The SMILES string of the molecule is O=C([CH]CC1CCCCC1)NCc1ccccc1. The van der Waals surface area contributed by atoms with Crippen LogP contribution in [0.4, 0.5) is 0 Å². The molecule has 1 aliphatic carbocycles. The maximum atomic E-state index is 11.7. The first kappa shape index (κ1) is 13.1. The van der Waals surface area contributed by atoms with Gasteiger partial charge in [0.25, 0.3) is 0 Å². The molecule has 1 saturated carbocycles. The quantitative estimate of drug-likeness (QED) is 0.844. The normalized spacial score (nSPS) is 16.4. The topological polar surface area (TPSA) is 29.1 Å². The molecule has 0 aliphatic heterocycles. The third-order valence-electron chi connectivity index (χ3n) is 3.67. The van der Waals surface area contributed by atoms with Gasteiger partial charge in [0.05, 0.1) is 0 Å². The summed E-state index contributed by atoms with van der Waals surface area (Å²) in [5.41, 5.74) is 1.15. The molecule has 1 radical (unpaired) electrons. The lowest BCUT2D eigenvalue weighted by atomic mass is 9.86. The summed E-state index contributed by atoms with van der Waals surface area (Å²) in [5.74, 6) is 0.811. The fourth-order valence-electron chi connectivity index (χ4n) is 2.55. The van der Waals surface area contributed by atoms with Gasteiger partial charge in [-0.2, -0.15) is 0 Å². The van der Waals surface area contributed by atoms with Crippen molar-refractivity contribution >= 4 is 5.91 Å². The van der Waals surface area contributed by atoms with Crippen LogP contribution in [-0.4, -0.2) is 5.91 Å². The van der Waals surface area contributed by atoms with Crippen LogP contribution in [0.1, 0.15) is 44.1 Å². The van der Waals surface area contributed by atoms with E-state index in [-0.39, 0.29) is 5.91 Å². The van der Waals surface area contributed by atoms with Crippen LogP contribution in [0.25, 0.3) is 0 Å². The Morgan fingerprint density at radius 1 is 1.17 bits per heavy atom. The van der Waals surface area contributed by atoms with Crippen LogP contribution >= 0.6 is 0 Å². The number of carbonyl (C=O) groups is 1. The van der Waals surface area contributed by atoms with E-state index in [1.165, 1.54) is 32.1 Å². The number of carbonyl (C=O) groups excluding carboxylic acids is 1. The first-order chi connectivity index (χ1) is 8.84. The van der Waals surface area contributed by atoms with Gasteiger partial charge in [0, 0.05) is 13.0 Å². The summed E-state index contributed by atoms with van der Waals surface area (Å²) in [4.78, 5) is 11.7. The molecule has 1 aromatic carbocycles. The van der Waals surface area contributed by atoms with Gasteiger partial charge in [-0.3, -0.25) is 4.79 Å². The molecule has 0 aromatic heterocycles. The smallest absolute Gasteiger partial charge is 0.224 e. The monoisotopic (exact) mass is 244 g/mol. The molecule has 2 heteroatoms. The lowest BCUT2D eigenvalue weighted by Gasteiger charge is -2.20. The van der Waals surface area contributed by atoms with Crippen LogP contribution in [-0.2, 0) is 11.3 Å². The summed E-state index contributed by atoms with van der Waals surface area (Å²) in [6.45, 7) is 0.626. The Bertz CT molecular complexity index is 355. The molecule has 1 amide bonds. The van der Waals surface area contributed by atoms with E-state index in [1.807, 2.05) is 36.8 Å². The van der Waals surface area contributed by atoms with Crippen molar-refractivity contribution in [3.8, 4) is 0 Å². The number of amides is 1. The Morgan fingerprint density at radius 3 is 2.61 bits per heavy atom. The number of nitrogens with one attached hydrogen (secondary N) is 1. The van der Waals surface area contributed by atoms with Crippen molar-refractivity contribution in [1.29, 1.82) is 0 Å². The number of hydrogen-bond donors (Lipinski definition) is 1. The van der Waals surface area contributed by atoms with Gasteiger partial charge in [-0.05, 0) is 17.9 Å². The van der Waals surface area contributed by atoms with Crippen molar-refractivity contribution in [3.63, 3.8) is 0 Å². The second-order valence-electron chi connectivity index (χ2n) is 5.15. The molecule has 2 rings (SSSR count). The summed E-state index contributed by atoms with van der Waals surface area (Å²) in [6.07, 6.45) is 9.41. The Balaban J connectivity index is 1.63. The Morgan fingerprint density at radius 2 is 1.89 bits per heavy atom. The molecule has 0 spiro atoms. The van der Waals surface area contributed by atoms with Crippen LogP contribution in [0.15, 0.2) is 30.3 Å². The van der Waals surface area contributed by atoms with E-state index in [0.717, 1.165) is 17.9 Å². The zero-order chi connectivity index (χ0) is 12.6. The molecule has 1 aromatic rings. The fraction of sp³-hybridized carbons (Fsp3) is 0.500. The maximum Gasteiger partial charge on any atom is 0.224 e. The predicted octanol–water partition coefficient (Wildman–Crippen LogP) is 3.48. The van der Waals surface area contributed by atoms with Crippen LogP contribution < -0.4 is 5.32 Å². The van der Waals surface area contributed by atoms with Crippen LogP contribution in [0.3, 0.4) is 0 Å². The minimum absolute atomic E-state index is 0.0735. The largest absolute Gasteiger partial charge is 0.352 e. The molecular weight excluding hydrogens is 222 g/mol. The van der Waals surface area contributed by atoms with E-state index in [0.29, 0.717) is 6.54 Å². The summed E-state index contributed by atoms with van der Waals surface area (Å²) < 4.78 is 0. The van der Waals surface area contributed by atoms with Crippen molar-refractivity contribution in [1.82, 2.24) is 5.32 Å². The van der Waals surface area contributed by atoms with Gasteiger partial charge >= 0.3 is 0 Å². The highest BCUT2D eigenvalue weighted by atomic mass is 16.1. The zero-order valence-corrected chi connectivity index (χ0v) is 10.9. The summed E-state index contributed by atoms with van der Waals surface area (Å²) >= 11 is 0. The molecule has 97 valence electrons. The third-order valence-corrected chi connectivity index (χ3v) is 3.67. The van der Waals surface area contributed by atoms with Crippen LogP contribution in [0.2, 0.25) is 0 Å². The number of benzene rings is 1. The molecule has 18 heavy (non-hydrogen) atoms. The van der Waals surface area contributed by atoms with E-state index in [9.17, 15) is 4.79 Å². The lowest BCUT2D eigenvalue weighted by Crippen LogP contribution is -2.24. The van der Waals surface area contributed by atoms with E-state index in [2.05, 4.69) is 5.32 Å². The number of rotatable bonds is 5. The highest BCUT2D eigenvalue weighted by molar-refractivity contribution is 5.84. The lowest BCUT2D eigenvalue weighted by molar-refractivity contribution is -0.118. The van der Waals surface area contributed by atoms with Crippen molar-refractivity contribution < 1.29 is 4.79 Å². The Labute approximate surface area is 110 Å². The molecule has 2 nitrogen and oxygen atoms in total. The Hall–Kier alpha value is -1.31. The molecule has 0 bridgehead atoms. The summed E-state index contributed by atoms with van der Waals surface area (Å²) in [6, 6.07) is 10.0. The summed E-state index contributed by atoms with van der Waals surface area (Å²) in [5, 5.41) is 2.94. The van der Waals surface area contributed by atoms with E-state index in [4.69, 9.17) is 0 Å². The maximum absolute atomic E-state index is 11.7. The number of hydrogen-bond acceptors (Lipinski definition) is 1. The third kappa shape index (κ3) is 4.52. The highest BCUT2D eigenvalue weighted by Crippen LogP contribution is 2.26. The Kier molecular flexibility index (Phi) is 5.25. The van der Waals surface area contributed by atoms with Gasteiger partial charge in [0.2, 0.25) is 5.91 Å². The average Bonchev–Trinajstić information content (AvgIpc) is 2.45. The first-order valence-corrected chi connectivity index (χ1v) is 6.99. The van der Waals surface area contributed by atoms with Crippen molar-refractivity contribution in [2.45, 2.75) is 45.1 Å². The minimum Gasteiger partial charge on any atom is -0.352 e. The first-order valence-electron chi connectivity index (χ1n) is 6.99. The molecular formula is C16H22NO. The molecule has 0 heterocycles. The van der Waals surface area contributed by atoms with E-state index >= 15 is 0 Å². The van der Waals surface area contributed by atoms with E-state index < -0.39 is 0 Å². The van der Waals surface area contributed by atoms with Gasteiger partial charge in [-0.25, -0.2) is 0 Å². The molecule has 0 saturated heterocycles. The van der Waals surface area contributed by atoms with Gasteiger partial charge in [-0.1, -0.05) is 62.4 Å². The second-order valence-corrected chi connectivity index (χ2v) is 5.15. The van der Waals surface area contributed by atoms with Gasteiger partial charge in [0.1, 0.15) is 0 Å². The molecule has 0 unspecified atom stereocenters. The highest BCUT2D eigenvalue weighted by Gasteiger charge is 2.14. The minimum atomic E-state index is 0.0735. The van der Waals surface area contributed by atoms with Crippen LogP contribution in [0.5, 0.6) is 0 Å². The van der Waals surface area contributed by atoms with E-state index in [1.54, 1.807) is 0 Å². The van der Waals surface area contributed by atoms with Crippen molar-refractivity contribution in [2.75, 3.05) is 0 Å². The van der Waals surface area contributed by atoms with Crippen molar-refractivity contribution in [2.24, 2.45) is 5.92 Å². The van der Waals surface area contributed by atoms with Gasteiger partial charge in [-0.15, -0.1) is 0 Å². The molecule has 1 fully saturated rings.